The number of benzene rings is 2. The molecule has 1 atom stereocenters. The van der Waals surface area contributed by atoms with E-state index in [0.29, 0.717) is 43.1 Å². The number of hydrogen-bond acceptors (Lipinski definition) is 6. The van der Waals surface area contributed by atoms with Gasteiger partial charge in [0.05, 0.1) is 11.9 Å². The first-order chi connectivity index (χ1) is 16.7. The normalized spacial score (nSPS) is 13.2. The van der Waals surface area contributed by atoms with E-state index in [-0.39, 0.29) is 31.6 Å². The molecule has 0 bridgehead atoms. The largest absolute Gasteiger partial charge is 0.454 e. The molecule has 35 heavy (non-hydrogen) atoms. The SMILES string of the molecule is CCNC(=O)[C@H](C)N(CCc1ccccc1)C(=O)CCCN(c1ccc2c(c1)OCO2)S(C)(=O)=O. The van der Waals surface area contributed by atoms with Crippen LogP contribution < -0.4 is 19.1 Å². The highest BCUT2D eigenvalue weighted by atomic mass is 32.2. The Morgan fingerprint density at radius 3 is 2.46 bits per heavy atom. The molecule has 0 aliphatic carbocycles. The molecule has 3 rings (SSSR count). The fraction of sp³-hybridized carbons (Fsp3) is 0.440. The minimum atomic E-state index is -3.59. The second kappa shape index (κ2) is 11.9. The summed E-state index contributed by atoms with van der Waals surface area (Å²) in [5.74, 6) is 0.631. The van der Waals surface area contributed by atoms with Crippen LogP contribution in [0.15, 0.2) is 48.5 Å². The minimum Gasteiger partial charge on any atom is -0.454 e. The first-order valence-corrected chi connectivity index (χ1v) is 13.5. The van der Waals surface area contributed by atoms with Gasteiger partial charge in [0.15, 0.2) is 11.5 Å². The maximum absolute atomic E-state index is 13.2. The van der Waals surface area contributed by atoms with Crippen LogP contribution in [0.5, 0.6) is 11.5 Å². The molecular formula is C25H33N3O6S. The van der Waals surface area contributed by atoms with Gasteiger partial charge in [-0.15, -0.1) is 0 Å². The maximum atomic E-state index is 13.2. The van der Waals surface area contributed by atoms with Gasteiger partial charge in [-0.25, -0.2) is 8.42 Å². The number of ether oxygens (including phenoxy) is 2. The highest BCUT2D eigenvalue weighted by Crippen LogP contribution is 2.36. The van der Waals surface area contributed by atoms with Crippen molar-refractivity contribution >= 4 is 27.5 Å². The Balaban J connectivity index is 1.67. The quantitative estimate of drug-likeness (QED) is 0.477. The van der Waals surface area contributed by atoms with Crippen molar-refractivity contribution < 1.29 is 27.5 Å². The smallest absolute Gasteiger partial charge is 0.242 e. The Hall–Kier alpha value is -3.27. The first kappa shape index (κ1) is 26.3. The molecule has 0 aromatic heterocycles. The zero-order chi connectivity index (χ0) is 25.4. The highest BCUT2D eigenvalue weighted by molar-refractivity contribution is 7.92. The third-order valence-electron chi connectivity index (χ3n) is 5.80. The molecule has 2 amide bonds. The highest BCUT2D eigenvalue weighted by Gasteiger charge is 2.26. The summed E-state index contributed by atoms with van der Waals surface area (Å²) in [6.45, 7) is 4.61. The number of rotatable bonds is 12. The number of sulfonamides is 1. The van der Waals surface area contributed by atoms with Crippen molar-refractivity contribution in [2.75, 3.05) is 37.0 Å². The van der Waals surface area contributed by atoms with Gasteiger partial charge in [0.1, 0.15) is 6.04 Å². The Morgan fingerprint density at radius 1 is 1.06 bits per heavy atom. The van der Waals surface area contributed by atoms with Crippen LogP contribution in [0.1, 0.15) is 32.3 Å². The zero-order valence-electron chi connectivity index (χ0n) is 20.4. The summed E-state index contributed by atoms with van der Waals surface area (Å²) in [5, 5.41) is 2.77. The van der Waals surface area contributed by atoms with Gasteiger partial charge in [0.2, 0.25) is 28.6 Å². The van der Waals surface area contributed by atoms with E-state index in [2.05, 4.69) is 5.32 Å². The van der Waals surface area contributed by atoms with Gasteiger partial charge in [-0.2, -0.15) is 0 Å². The van der Waals surface area contributed by atoms with Gasteiger partial charge in [-0.3, -0.25) is 13.9 Å². The Labute approximate surface area is 207 Å². The van der Waals surface area contributed by atoms with E-state index in [1.165, 1.54) is 4.31 Å². The van der Waals surface area contributed by atoms with Crippen molar-refractivity contribution in [3.63, 3.8) is 0 Å². The van der Waals surface area contributed by atoms with Gasteiger partial charge >= 0.3 is 0 Å². The van der Waals surface area contributed by atoms with E-state index in [4.69, 9.17) is 9.47 Å². The lowest BCUT2D eigenvalue weighted by Gasteiger charge is -2.29. The number of amides is 2. The maximum Gasteiger partial charge on any atom is 0.242 e. The molecule has 0 radical (unpaired) electrons. The molecule has 0 saturated carbocycles. The summed E-state index contributed by atoms with van der Waals surface area (Å²) in [4.78, 5) is 27.2. The summed E-state index contributed by atoms with van der Waals surface area (Å²) >= 11 is 0. The minimum absolute atomic E-state index is 0.0920. The molecule has 0 unspecified atom stereocenters. The number of carbonyl (C=O) groups is 2. The molecule has 9 nitrogen and oxygen atoms in total. The second-order valence-corrected chi connectivity index (χ2v) is 10.3. The van der Waals surface area contributed by atoms with E-state index in [0.717, 1.165) is 11.8 Å². The van der Waals surface area contributed by atoms with Gasteiger partial charge in [-0.05, 0) is 44.4 Å². The fourth-order valence-electron chi connectivity index (χ4n) is 3.94. The van der Waals surface area contributed by atoms with Crippen molar-refractivity contribution in [3.05, 3.63) is 54.1 Å². The van der Waals surface area contributed by atoms with Crippen LogP contribution >= 0.6 is 0 Å². The van der Waals surface area contributed by atoms with E-state index >= 15 is 0 Å². The van der Waals surface area contributed by atoms with E-state index in [9.17, 15) is 18.0 Å². The summed E-state index contributed by atoms with van der Waals surface area (Å²) < 4.78 is 36.9. The summed E-state index contributed by atoms with van der Waals surface area (Å²) in [6, 6.07) is 14.1. The topological polar surface area (TPSA) is 105 Å². The lowest BCUT2D eigenvalue weighted by molar-refractivity contribution is -0.139. The van der Waals surface area contributed by atoms with E-state index in [1.54, 1.807) is 30.0 Å². The van der Waals surface area contributed by atoms with Gasteiger partial charge < -0.3 is 19.7 Å². The molecule has 1 aliphatic heterocycles. The van der Waals surface area contributed by atoms with Crippen molar-refractivity contribution in [1.29, 1.82) is 0 Å². The van der Waals surface area contributed by atoms with Crippen molar-refractivity contribution in [1.82, 2.24) is 10.2 Å². The van der Waals surface area contributed by atoms with Gasteiger partial charge in [0, 0.05) is 32.1 Å². The summed E-state index contributed by atoms with van der Waals surface area (Å²) in [5.41, 5.74) is 1.51. The van der Waals surface area contributed by atoms with Crippen LogP contribution in [0.2, 0.25) is 0 Å². The molecule has 1 aliphatic rings. The van der Waals surface area contributed by atoms with Crippen LogP contribution in [0.4, 0.5) is 5.69 Å². The van der Waals surface area contributed by atoms with Crippen molar-refractivity contribution in [2.45, 2.75) is 39.2 Å². The molecule has 1 N–H and O–H groups in total. The van der Waals surface area contributed by atoms with Crippen molar-refractivity contribution in [2.24, 2.45) is 0 Å². The third-order valence-corrected chi connectivity index (χ3v) is 6.99. The Kier molecular flexibility index (Phi) is 8.97. The average molecular weight is 504 g/mol. The number of anilines is 1. The van der Waals surface area contributed by atoms with Gasteiger partial charge in [-0.1, -0.05) is 30.3 Å². The van der Waals surface area contributed by atoms with E-state index in [1.807, 2.05) is 37.3 Å². The Morgan fingerprint density at radius 2 is 1.77 bits per heavy atom. The number of carbonyl (C=O) groups excluding carboxylic acids is 2. The predicted octanol–water partition coefficient (Wildman–Crippen LogP) is 2.56. The third kappa shape index (κ3) is 7.11. The van der Waals surface area contributed by atoms with Crippen LogP contribution in [0.3, 0.4) is 0 Å². The molecule has 2 aromatic carbocycles. The molecule has 2 aromatic rings. The van der Waals surface area contributed by atoms with Gasteiger partial charge in [0.25, 0.3) is 0 Å². The monoisotopic (exact) mass is 503 g/mol. The molecular weight excluding hydrogens is 470 g/mol. The van der Waals surface area contributed by atoms with E-state index < -0.39 is 16.1 Å². The number of nitrogens with zero attached hydrogens (tertiary/aromatic N) is 2. The van der Waals surface area contributed by atoms with Crippen LogP contribution in [-0.4, -0.2) is 63.9 Å². The molecule has 190 valence electrons. The lowest BCUT2D eigenvalue weighted by atomic mass is 10.1. The van der Waals surface area contributed by atoms with Crippen LogP contribution in [0.25, 0.3) is 0 Å². The van der Waals surface area contributed by atoms with Crippen LogP contribution in [-0.2, 0) is 26.0 Å². The van der Waals surface area contributed by atoms with Crippen LogP contribution in [0, 0.1) is 0 Å². The Bertz CT molecular complexity index is 1120. The van der Waals surface area contributed by atoms with Crippen molar-refractivity contribution in [3.8, 4) is 11.5 Å². The number of fused-ring (bicyclic) bond motifs is 1. The fourth-order valence-corrected chi connectivity index (χ4v) is 4.89. The summed E-state index contributed by atoms with van der Waals surface area (Å²) in [7, 11) is -3.59. The molecule has 0 fully saturated rings. The molecule has 10 heteroatoms. The second-order valence-electron chi connectivity index (χ2n) is 8.37. The number of hydrogen-bond donors (Lipinski definition) is 1. The predicted molar refractivity (Wildman–Crippen MR) is 134 cm³/mol. The number of nitrogens with one attached hydrogen (secondary N) is 1. The first-order valence-electron chi connectivity index (χ1n) is 11.7. The summed E-state index contributed by atoms with van der Waals surface area (Å²) in [6.07, 6.45) is 2.14. The lowest BCUT2D eigenvalue weighted by Crippen LogP contribution is -2.48. The molecule has 0 spiro atoms. The molecule has 1 heterocycles. The average Bonchev–Trinajstić information content (AvgIpc) is 3.29. The standard InChI is InChI=1S/C25H33N3O6S/c1-4-26-25(30)19(2)27(16-14-20-9-6-5-7-10-20)24(29)11-8-15-28(35(3,31)32)21-12-13-22-23(17-21)34-18-33-22/h5-7,9-10,12-13,17,19H,4,8,11,14-16,18H2,1-3H3,(H,26,30)/t19-/m0/s1. The molecule has 0 saturated heterocycles. The zero-order valence-corrected chi connectivity index (χ0v) is 21.2. The number of likely N-dealkylation sites (N-methyl/N-ethyl adjacent to an activating group) is 1.